The van der Waals surface area contributed by atoms with Gasteiger partial charge in [-0.05, 0) is 6.42 Å². The molecule has 0 saturated carbocycles. The molecule has 0 spiro atoms. The lowest BCUT2D eigenvalue weighted by molar-refractivity contribution is -0.140. The van der Waals surface area contributed by atoms with Crippen molar-refractivity contribution in [3.05, 3.63) is 0 Å². The molecule has 0 aromatic carbocycles. The molecule has 0 aromatic heterocycles. The van der Waals surface area contributed by atoms with Crippen LogP contribution < -0.4 is 5.32 Å². The van der Waals surface area contributed by atoms with Crippen molar-refractivity contribution in [1.82, 2.24) is 5.32 Å². The second kappa shape index (κ2) is 2.77. The number of hydrogen-bond acceptors (Lipinski definition) is 3. The van der Waals surface area contributed by atoms with Gasteiger partial charge < -0.3 is 15.2 Å². The van der Waals surface area contributed by atoms with E-state index in [0.717, 1.165) is 0 Å². The zero-order valence-electron chi connectivity index (χ0n) is 6.03. The predicted octanol–water partition coefficient (Wildman–Crippen LogP) is -0.0420. The zero-order chi connectivity index (χ0) is 8.43. The van der Waals surface area contributed by atoms with Crippen LogP contribution in [0.4, 0.5) is 4.79 Å². The van der Waals surface area contributed by atoms with Crippen LogP contribution in [0.15, 0.2) is 0 Å². The third-order valence-corrected chi connectivity index (χ3v) is 1.57. The summed E-state index contributed by atoms with van der Waals surface area (Å²) < 4.78 is 4.65. The highest BCUT2D eigenvalue weighted by atomic mass is 16.6. The van der Waals surface area contributed by atoms with E-state index in [9.17, 15) is 9.59 Å². The van der Waals surface area contributed by atoms with Gasteiger partial charge in [0.2, 0.25) is 0 Å². The Balaban J connectivity index is 2.64. The van der Waals surface area contributed by atoms with Crippen molar-refractivity contribution < 1.29 is 19.4 Å². The lowest BCUT2D eigenvalue weighted by Crippen LogP contribution is -2.38. The van der Waals surface area contributed by atoms with Crippen molar-refractivity contribution >= 4 is 12.1 Å². The monoisotopic (exact) mass is 159 g/mol. The Morgan fingerprint density at radius 1 is 1.82 bits per heavy atom. The van der Waals surface area contributed by atoms with E-state index in [1.807, 2.05) is 0 Å². The average molecular weight is 159 g/mol. The molecule has 5 heteroatoms. The SMILES string of the molecule is CC[C@H]1OC(=O)N[C@H]1C(=O)O. The molecule has 1 rings (SSSR count). The van der Waals surface area contributed by atoms with E-state index in [-0.39, 0.29) is 0 Å². The van der Waals surface area contributed by atoms with Crippen LogP contribution in [0.25, 0.3) is 0 Å². The minimum absolute atomic E-state index is 0.510. The molecule has 1 aliphatic rings. The Kier molecular flexibility index (Phi) is 1.98. The summed E-state index contributed by atoms with van der Waals surface area (Å²) in [4.78, 5) is 21.0. The van der Waals surface area contributed by atoms with Gasteiger partial charge in [-0.3, -0.25) is 0 Å². The van der Waals surface area contributed by atoms with Crippen LogP contribution in [0.2, 0.25) is 0 Å². The summed E-state index contributed by atoms with van der Waals surface area (Å²) in [5.41, 5.74) is 0. The molecule has 0 bridgehead atoms. The second-order valence-electron chi connectivity index (χ2n) is 2.31. The molecule has 2 N–H and O–H groups in total. The average Bonchev–Trinajstić information content (AvgIpc) is 2.30. The molecular weight excluding hydrogens is 150 g/mol. The Labute approximate surface area is 63.3 Å². The fraction of sp³-hybridized carbons (Fsp3) is 0.667. The Morgan fingerprint density at radius 2 is 2.45 bits per heavy atom. The highest BCUT2D eigenvalue weighted by Gasteiger charge is 2.37. The van der Waals surface area contributed by atoms with E-state index in [4.69, 9.17) is 5.11 Å². The van der Waals surface area contributed by atoms with Crippen molar-refractivity contribution in [3.8, 4) is 0 Å². The smallest absolute Gasteiger partial charge is 0.408 e. The van der Waals surface area contributed by atoms with Gasteiger partial charge in [0, 0.05) is 0 Å². The van der Waals surface area contributed by atoms with Crippen LogP contribution in [0, 0.1) is 0 Å². The first kappa shape index (κ1) is 7.84. The first-order chi connectivity index (χ1) is 5.15. The molecule has 2 atom stereocenters. The van der Waals surface area contributed by atoms with Gasteiger partial charge in [0.15, 0.2) is 6.04 Å². The zero-order valence-corrected chi connectivity index (χ0v) is 6.03. The number of ether oxygens (including phenoxy) is 1. The Bertz CT molecular complexity index is 191. The van der Waals surface area contributed by atoms with Gasteiger partial charge in [-0.1, -0.05) is 6.92 Å². The third-order valence-electron chi connectivity index (χ3n) is 1.57. The number of carbonyl (C=O) groups is 2. The van der Waals surface area contributed by atoms with Gasteiger partial charge in [0.05, 0.1) is 0 Å². The summed E-state index contributed by atoms with van der Waals surface area (Å²) in [6, 6.07) is -0.882. The Hall–Kier alpha value is -1.26. The molecule has 62 valence electrons. The largest absolute Gasteiger partial charge is 0.480 e. The van der Waals surface area contributed by atoms with Crippen LogP contribution >= 0.6 is 0 Å². The van der Waals surface area contributed by atoms with E-state index < -0.39 is 24.2 Å². The minimum Gasteiger partial charge on any atom is -0.480 e. The van der Waals surface area contributed by atoms with Gasteiger partial charge in [-0.15, -0.1) is 0 Å². The van der Waals surface area contributed by atoms with Crippen molar-refractivity contribution in [3.63, 3.8) is 0 Å². The molecule has 1 aliphatic heterocycles. The van der Waals surface area contributed by atoms with E-state index in [0.29, 0.717) is 6.42 Å². The van der Waals surface area contributed by atoms with Crippen molar-refractivity contribution in [2.75, 3.05) is 0 Å². The minimum atomic E-state index is -1.05. The first-order valence-electron chi connectivity index (χ1n) is 3.35. The van der Waals surface area contributed by atoms with Gasteiger partial charge in [-0.2, -0.15) is 0 Å². The third kappa shape index (κ3) is 1.42. The van der Waals surface area contributed by atoms with E-state index in [1.165, 1.54) is 0 Å². The first-order valence-corrected chi connectivity index (χ1v) is 3.35. The summed E-state index contributed by atoms with van der Waals surface area (Å²) in [5, 5.41) is 10.7. The normalized spacial score (nSPS) is 29.4. The number of carboxylic acids is 1. The van der Waals surface area contributed by atoms with E-state index in [2.05, 4.69) is 10.1 Å². The van der Waals surface area contributed by atoms with Gasteiger partial charge in [0.1, 0.15) is 6.10 Å². The van der Waals surface area contributed by atoms with Crippen LogP contribution in [-0.2, 0) is 9.53 Å². The number of amides is 1. The fourth-order valence-electron chi connectivity index (χ4n) is 0.999. The number of rotatable bonds is 2. The fourth-order valence-corrected chi connectivity index (χ4v) is 0.999. The number of carboxylic acid groups (broad SMARTS) is 1. The van der Waals surface area contributed by atoms with Crippen LogP contribution in [0.3, 0.4) is 0 Å². The van der Waals surface area contributed by atoms with Crippen molar-refractivity contribution in [2.45, 2.75) is 25.5 Å². The molecule has 1 heterocycles. The number of carbonyl (C=O) groups excluding carboxylic acids is 1. The maximum atomic E-state index is 10.5. The maximum absolute atomic E-state index is 10.5. The van der Waals surface area contributed by atoms with Crippen molar-refractivity contribution in [2.24, 2.45) is 0 Å². The topological polar surface area (TPSA) is 75.6 Å². The predicted molar refractivity (Wildman–Crippen MR) is 35.1 cm³/mol. The van der Waals surface area contributed by atoms with Crippen LogP contribution in [-0.4, -0.2) is 29.3 Å². The molecule has 1 saturated heterocycles. The van der Waals surface area contributed by atoms with Crippen LogP contribution in [0.5, 0.6) is 0 Å². The highest BCUT2D eigenvalue weighted by molar-refractivity contribution is 5.83. The molecule has 0 radical (unpaired) electrons. The molecule has 1 fully saturated rings. The van der Waals surface area contributed by atoms with Gasteiger partial charge in [-0.25, -0.2) is 9.59 Å². The maximum Gasteiger partial charge on any atom is 0.408 e. The molecule has 0 unspecified atom stereocenters. The number of cyclic esters (lactones) is 1. The molecule has 0 aromatic rings. The number of hydrogen-bond donors (Lipinski definition) is 2. The number of nitrogens with one attached hydrogen (secondary N) is 1. The number of alkyl carbamates (subject to hydrolysis) is 1. The quantitative estimate of drug-likeness (QED) is 0.592. The molecule has 5 nitrogen and oxygen atoms in total. The highest BCUT2D eigenvalue weighted by Crippen LogP contribution is 2.11. The summed E-state index contributed by atoms with van der Waals surface area (Å²) in [7, 11) is 0. The van der Waals surface area contributed by atoms with E-state index >= 15 is 0 Å². The van der Waals surface area contributed by atoms with Gasteiger partial charge >= 0.3 is 12.1 Å². The molecular formula is C6H9NO4. The van der Waals surface area contributed by atoms with Crippen LogP contribution in [0.1, 0.15) is 13.3 Å². The number of aliphatic carboxylic acids is 1. The molecule has 0 aliphatic carbocycles. The standard InChI is InChI=1S/C6H9NO4/c1-2-3-4(5(8)9)7-6(10)11-3/h3-4H,2H2,1H3,(H,7,10)(H,8,9)/t3-,4-/m1/s1. The lowest BCUT2D eigenvalue weighted by atomic mass is 10.1. The lowest BCUT2D eigenvalue weighted by Gasteiger charge is -2.08. The molecule has 11 heavy (non-hydrogen) atoms. The Morgan fingerprint density at radius 3 is 2.82 bits per heavy atom. The second-order valence-corrected chi connectivity index (χ2v) is 2.31. The van der Waals surface area contributed by atoms with E-state index in [1.54, 1.807) is 6.92 Å². The summed E-state index contributed by atoms with van der Waals surface area (Å²) in [6.45, 7) is 1.76. The summed E-state index contributed by atoms with van der Waals surface area (Å²) in [6.07, 6.45) is -0.667. The summed E-state index contributed by atoms with van der Waals surface area (Å²) in [5.74, 6) is -1.05. The summed E-state index contributed by atoms with van der Waals surface area (Å²) >= 11 is 0. The molecule has 1 amide bonds. The van der Waals surface area contributed by atoms with Gasteiger partial charge in [0.25, 0.3) is 0 Å². The van der Waals surface area contributed by atoms with Crippen molar-refractivity contribution in [1.29, 1.82) is 0 Å².